The molecule has 1 aromatic carbocycles. The fourth-order valence-corrected chi connectivity index (χ4v) is 16.6. The number of ketones is 3. The van der Waals surface area contributed by atoms with Gasteiger partial charge in [0.1, 0.15) is 36.2 Å². The predicted octanol–water partition coefficient (Wildman–Crippen LogP) is 11.5. The van der Waals surface area contributed by atoms with Gasteiger partial charge >= 0.3 is 17.9 Å². The molecule has 0 bridgehead atoms. The highest BCUT2D eigenvalue weighted by Gasteiger charge is 2.53. The molecule has 21 nitrogen and oxygen atoms in total. The first-order chi connectivity index (χ1) is 43.9. The molecule has 3 aliphatic rings. The first-order valence-corrected chi connectivity index (χ1v) is 35.6. The van der Waals surface area contributed by atoms with E-state index in [0.29, 0.717) is 111 Å². The smallest absolute Gasteiger partial charge is 0.340 e. The summed E-state index contributed by atoms with van der Waals surface area (Å²) in [7, 11) is 4.47. The first-order valence-electron chi connectivity index (χ1n) is 32.4. The van der Waals surface area contributed by atoms with E-state index in [4.69, 9.17) is 33.2 Å². The number of likely N-dealkylation sites (tertiary alicyclic amines) is 1. The van der Waals surface area contributed by atoms with Gasteiger partial charge in [0.05, 0.1) is 52.6 Å². The van der Waals surface area contributed by atoms with Crippen LogP contribution in [-0.2, 0) is 71.5 Å². The fraction of sp³-hybridized carbons (Fsp3) is 0.667. The molecule has 93 heavy (non-hydrogen) atoms. The molecule has 2 heterocycles. The molecule has 24 heteroatoms. The number of benzene rings is 1. The molecule has 3 fully saturated rings. The Hall–Kier alpha value is -4.04. The van der Waals surface area contributed by atoms with Crippen LogP contribution in [0.25, 0.3) is 0 Å². The van der Waals surface area contributed by atoms with Gasteiger partial charge in [0, 0.05) is 78.7 Å². The molecule has 4 rings (SSSR count). The lowest BCUT2D eigenvalue weighted by Crippen LogP contribution is -2.61. The van der Waals surface area contributed by atoms with Crippen molar-refractivity contribution in [1.29, 1.82) is 0 Å². The van der Waals surface area contributed by atoms with Crippen LogP contribution in [0.4, 0.5) is 11.4 Å². The van der Waals surface area contributed by atoms with Crippen molar-refractivity contribution in [3.63, 3.8) is 0 Å². The number of hydrogen-bond donors (Lipinski definition) is 4. The lowest BCUT2D eigenvalue weighted by atomic mass is 9.78. The summed E-state index contributed by atoms with van der Waals surface area (Å²) < 4.78 is 42.8. The van der Waals surface area contributed by atoms with E-state index in [0.717, 1.165) is 10.5 Å². The van der Waals surface area contributed by atoms with Gasteiger partial charge in [-0.2, -0.15) is 0 Å². The summed E-state index contributed by atoms with van der Waals surface area (Å²) in [4.78, 5) is 124. The second-order valence-corrected chi connectivity index (χ2v) is 28.6. The Labute approximate surface area is 590 Å². The first kappa shape index (κ1) is 81.4. The van der Waals surface area contributed by atoms with Crippen LogP contribution in [0.1, 0.15) is 182 Å². The number of ether oxygens (including phenoxy) is 7. The molecule has 3 amide bonds. The number of carbonyl (C=O) groups excluding carboxylic acids is 9. The summed E-state index contributed by atoms with van der Waals surface area (Å²) in [5.41, 5.74) is 2.26. The molecule has 15 atom stereocenters. The largest absolute Gasteiger partial charge is 0.462 e. The number of carbonyl (C=O) groups is 9. The molecule has 1 aliphatic carbocycles. The predicted molar refractivity (Wildman–Crippen MR) is 378 cm³/mol. The normalized spacial score (nSPS) is 23.9. The number of amides is 3. The van der Waals surface area contributed by atoms with Gasteiger partial charge in [0.25, 0.3) is 11.7 Å². The van der Waals surface area contributed by atoms with Gasteiger partial charge < -0.3 is 58.9 Å². The van der Waals surface area contributed by atoms with Crippen LogP contribution in [0.3, 0.4) is 0 Å². The molecule has 1 aromatic rings. The Bertz CT molecular complexity index is 2850. The monoisotopic (exact) mass is 1640 g/mol. The van der Waals surface area contributed by atoms with E-state index in [-0.39, 0.29) is 79.3 Å². The summed E-state index contributed by atoms with van der Waals surface area (Å²) in [6.45, 7) is 20.9. The fourth-order valence-electron chi connectivity index (χ4n) is 12.5. The molecule has 0 aromatic heterocycles. The van der Waals surface area contributed by atoms with Crippen molar-refractivity contribution < 1.29 is 86.5 Å². The third-order valence-electron chi connectivity index (χ3n) is 18.1. The average Bonchev–Trinajstić information content (AvgIpc) is 0.795. The number of anilines is 2. The van der Waals surface area contributed by atoms with Crippen LogP contribution in [0.5, 0.6) is 0 Å². The molecule has 0 spiro atoms. The van der Waals surface area contributed by atoms with E-state index >= 15 is 0 Å². The third kappa shape index (κ3) is 23.3. The molecular weight excluding hydrogens is 1540 g/mol. The number of esters is 3. The second-order valence-electron chi connectivity index (χ2n) is 25.4. The van der Waals surface area contributed by atoms with Crippen LogP contribution in [0, 0.1) is 46.2 Å². The van der Waals surface area contributed by atoms with Crippen LogP contribution in [-0.4, -0.2) is 157 Å². The Balaban J connectivity index is 1.48. The number of aliphatic hydroxyl groups excluding tert-OH is 1. The molecular formula is C69H100I3N3O18. The van der Waals surface area contributed by atoms with Gasteiger partial charge in [-0.15, -0.1) is 0 Å². The van der Waals surface area contributed by atoms with Gasteiger partial charge in [-0.3, -0.25) is 33.6 Å². The molecule has 1 saturated carbocycles. The van der Waals surface area contributed by atoms with Crippen molar-refractivity contribution in [3.05, 3.63) is 64.4 Å². The minimum Gasteiger partial charge on any atom is -0.462 e. The summed E-state index contributed by atoms with van der Waals surface area (Å²) in [6.07, 6.45) is 9.61. The summed E-state index contributed by atoms with van der Waals surface area (Å²) in [5, 5.41) is 29.0. The van der Waals surface area contributed by atoms with Crippen molar-refractivity contribution in [1.82, 2.24) is 4.90 Å². The number of allylic oxidation sites excluding steroid dienone is 5. The number of nitrogens with zero attached hydrogens (tertiary/aromatic N) is 1. The number of halogens is 3. The van der Waals surface area contributed by atoms with Gasteiger partial charge in [0.2, 0.25) is 17.6 Å². The lowest BCUT2D eigenvalue weighted by molar-refractivity contribution is -0.265. The minimum atomic E-state index is -2.46. The summed E-state index contributed by atoms with van der Waals surface area (Å²) >= 11 is 5.96. The third-order valence-corrected chi connectivity index (χ3v) is 21.4. The number of methoxy groups -OCH3 is 3. The topological polar surface area (TPSA) is 286 Å². The van der Waals surface area contributed by atoms with Gasteiger partial charge in [-0.05, 0) is 201 Å². The molecule has 0 unspecified atom stereocenters. The Morgan fingerprint density at radius 3 is 2.06 bits per heavy atom. The zero-order valence-corrected chi connectivity index (χ0v) is 62.9. The number of aliphatic hydroxyl groups is 2. The van der Waals surface area contributed by atoms with Gasteiger partial charge in [-0.1, -0.05) is 71.6 Å². The van der Waals surface area contributed by atoms with Crippen molar-refractivity contribution in [2.24, 2.45) is 35.5 Å². The van der Waals surface area contributed by atoms with Crippen LogP contribution in [0.2, 0.25) is 0 Å². The molecule has 2 aliphatic heterocycles. The van der Waals surface area contributed by atoms with Gasteiger partial charge in [0.15, 0.2) is 5.78 Å². The lowest BCUT2D eigenvalue weighted by Gasteiger charge is -2.42. The maximum atomic E-state index is 14.7. The number of unbranched alkanes of at least 4 members (excludes halogenated alkanes) is 2. The number of piperidine rings is 1. The SMILES string of the molecule is C=C/C=C/[C@@H](C)C[C@@H](C)C(=O)[C@H](OC)[C@H](O)/C(C)=C/[C@@H](C)C(=O)C[C@H](OC(=O)[C@@H]1CCCCN1C(=O)C(=O)[C@]1(O)O[C@H](C[C@H](OC)/C(C)=C/C)CC[C@H]1C)[C@H](C)C[C@@H]1CC[C@@H](OC(=O)CCCCCOC(=O)c2c(I)c(NC(C)=O)c(I)c(NC(C)=O)c2I)[C@H](OC)C1. The number of rotatable bonds is 35. The zero-order chi connectivity index (χ0) is 69.6. The highest BCUT2D eigenvalue weighted by Crippen LogP contribution is 2.41. The Morgan fingerprint density at radius 2 is 1.47 bits per heavy atom. The van der Waals surface area contributed by atoms with E-state index in [1.54, 1.807) is 54.1 Å². The molecule has 2 saturated heterocycles. The van der Waals surface area contributed by atoms with Crippen molar-refractivity contribution in [3.8, 4) is 0 Å². The maximum absolute atomic E-state index is 14.7. The standard InChI is InChI=1S/C69H100I3N3O18/c1-15-17-23-38(3)32-42(7)62(80)64(89-14)63(81)43(8)33-40(5)50(78)37-53(92-67(84)49-24-20-21-30-75(49)66(83)65(82)69(86)44(9)26-28-48(93-69)36-52(87-12)39(4)16-2)41(6)34-47-27-29-51(54(35-47)88-13)91-55(79)25-19-18-22-31-90-68(85)56-57(70)60(73-45(10)76)59(72)61(58(56)71)74-46(11)77/h15-17,23,33,38,40-42,44,47-49,51-54,63-64,81,86H,1,18-22,24-32,34-37H2,2-14H3,(H,73,76)(H,74,77)/b23-17+,39-16+,43-33+/t38-,40-,41-,42-,44-,47+,48+,49+,51-,52+,53+,54-,63-,64+,69-/m1/s1. The van der Waals surface area contributed by atoms with E-state index in [1.165, 1.54) is 21.0 Å². The zero-order valence-electron chi connectivity index (χ0n) is 56.4. The van der Waals surface area contributed by atoms with E-state index in [2.05, 4.69) is 17.2 Å². The number of Topliss-reactive ketones (excluding diaryl/α,β-unsaturated/α-hetero) is 3. The minimum absolute atomic E-state index is 0.0333. The van der Waals surface area contributed by atoms with E-state index in [9.17, 15) is 53.4 Å². The number of nitrogens with one attached hydrogen (secondary N) is 2. The molecule has 0 radical (unpaired) electrons. The Kier molecular flexibility index (Phi) is 34.5. The maximum Gasteiger partial charge on any atom is 0.340 e. The van der Waals surface area contributed by atoms with Crippen molar-refractivity contribution in [2.45, 2.75) is 227 Å². The highest BCUT2D eigenvalue weighted by atomic mass is 127. The Morgan fingerprint density at radius 1 is 0.817 bits per heavy atom. The quantitative estimate of drug-likeness (QED) is 0.00934. The van der Waals surface area contributed by atoms with Gasteiger partial charge in [-0.25, -0.2) is 9.59 Å². The second kappa shape index (κ2) is 39.4. The summed E-state index contributed by atoms with van der Waals surface area (Å²) in [5.74, 6) is -10.3. The number of hydrogen-bond acceptors (Lipinski definition) is 18. The molecule has 520 valence electrons. The highest BCUT2D eigenvalue weighted by molar-refractivity contribution is 14.1. The van der Waals surface area contributed by atoms with Crippen molar-refractivity contribution >= 4 is 132 Å². The van der Waals surface area contributed by atoms with Crippen LogP contribution in [0.15, 0.2) is 48.1 Å². The molecule has 4 N–H and O–H groups in total. The van der Waals surface area contributed by atoms with E-state index < -0.39 is 102 Å². The van der Waals surface area contributed by atoms with Crippen LogP contribution < -0.4 is 10.6 Å². The average molecular weight is 1640 g/mol. The summed E-state index contributed by atoms with van der Waals surface area (Å²) in [6, 6.07) is -1.22. The van der Waals surface area contributed by atoms with E-state index in [1.807, 2.05) is 114 Å². The van der Waals surface area contributed by atoms with Crippen LogP contribution >= 0.6 is 67.8 Å². The van der Waals surface area contributed by atoms with Crippen molar-refractivity contribution in [2.75, 3.05) is 45.1 Å².